The molecule has 1 saturated heterocycles. The predicted octanol–water partition coefficient (Wildman–Crippen LogP) is 3.47. The van der Waals surface area contributed by atoms with Crippen LogP contribution in [0.3, 0.4) is 0 Å². The molecule has 19 heavy (non-hydrogen) atoms. The molecule has 1 N–H and O–H groups in total. The summed E-state index contributed by atoms with van der Waals surface area (Å²) in [6.45, 7) is 7.47. The van der Waals surface area contributed by atoms with Gasteiger partial charge in [0.15, 0.2) is 0 Å². The molecule has 1 aliphatic heterocycles. The summed E-state index contributed by atoms with van der Waals surface area (Å²) in [5, 5.41) is 4.11. The first-order valence-electron chi connectivity index (χ1n) is 7.09. The fourth-order valence-corrected chi connectivity index (χ4v) is 4.09. The number of rotatable bonds is 5. The number of aryl methyl sites for hydroxylation is 2. The third-order valence-corrected chi connectivity index (χ3v) is 5.51. The summed E-state index contributed by atoms with van der Waals surface area (Å²) in [5.74, 6) is 1.11. The Morgan fingerprint density at radius 3 is 2.79 bits per heavy atom. The van der Waals surface area contributed by atoms with Gasteiger partial charge >= 0.3 is 0 Å². The van der Waals surface area contributed by atoms with Gasteiger partial charge in [-0.25, -0.2) is 0 Å². The van der Waals surface area contributed by atoms with Crippen LogP contribution in [0.2, 0.25) is 0 Å². The number of thioether (sulfide) groups is 1. The molecule has 0 amide bonds. The van der Waals surface area contributed by atoms with E-state index in [4.69, 9.17) is 4.74 Å². The van der Waals surface area contributed by atoms with Crippen molar-refractivity contribution >= 4 is 11.8 Å². The maximum atomic E-state index is 5.64. The molecule has 2 nitrogen and oxygen atoms in total. The lowest BCUT2D eigenvalue weighted by molar-refractivity contribution is 0.127. The molecule has 106 valence electrons. The first-order valence-corrected chi connectivity index (χ1v) is 8.14. The molecule has 1 aromatic carbocycles. The highest BCUT2D eigenvalue weighted by Gasteiger charge is 2.25. The predicted molar refractivity (Wildman–Crippen MR) is 84.0 cm³/mol. The lowest BCUT2D eigenvalue weighted by atomic mass is 10.0. The van der Waals surface area contributed by atoms with Crippen LogP contribution in [0.1, 0.15) is 36.1 Å². The van der Waals surface area contributed by atoms with Crippen molar-refractivity contribution in [2.24, 2.45) is 0 Å². The van der Waals surface area contributed by atoms with Crippen LogP contribution in [0.25, 0.3) is 0 Å². The molecule has 1 aliphatic rings. The molecule has 0 aromatic heterocycles. The van der Waals surface area contributed by atoms with Crippen molar-refractivity contribution in [1.29, 1.82) is 0 Å². The molecule has 0 bridgehead atoms. The van der Waals surface area contributed by atoms with Gasteiger partial charge in [0.2, 0.25) is 0 Å². The maximum absolute atomic E-state index is 5.64. The second-order valence-electron chi connectivity index (χ2n) is 5.44. The monoisotopic (exact) mass is 279 g/mol. The zero-order valence-corrected chi connectivity index (χ0v) is 13.2. The van der Waals surface area contributed by atoms with E-state index < -0.39 is 0 Å². The van der Waals surface area contributed by atoms with Gasteiger partial charge in [0, 0.05) is 23.7 Å². The Morgan fingerprint density at radius 2 is 2.21 bits per heavy atom. The number of nitrogens with one attached hydrogen (secondary N) is 1. The van der Waals surface area contributed by atoms with Crippen molar-refractivity contribution in [2.45, 2.75) is 44.6 Å². The lowest BCUT2D eigenvalue weighted by Gasteiger charge is -2.22. The number of hydrogen-bond acceptors (Lipinski definition) is 3. The fraction of sp³-hybridized carbons (Fsp3) is 0.625. The maximum Gasteiger partial charge on any atom is 0.0666 e. The zero-order chi connectivity index (χ0) is 13.8. The normalized spacial score (nSPS) is 24.6. The van der Waals surface area contributed by atoms with Crippen LogP contribution in [0.4, 0.5) is 0 Å². The summed E-state index contributed by atoms with van der Waals surface area (Å²) < 4.78 is 5.64. The van der Waals surface area contributed by atoms with Gasteiger partial charge in [0.25, 0.3) is 0 Å². The molecule has 3 unspecified atom stereocenters. The standard InChI is InChI=1S/C16H25NOS/c1-11-5-6-14(12(2)9-11)15(17-4)10-19-16-7-8-18-13(16)3/h5-6,9,13,15-17H,7-8,10H2,1-4H3. The molecular weight excluding hydrogens is 254 g/mol. The Bertz CT molecular complexity index is 421. The molecule has 0 saturated carbocycles. The van der Waals surface area contributed by atoms with Gasteiger partial charge in [0.05, 0.1) is 6.10 Å². The van der Waals surface area contributed by atoms with Crippen molar-refractivity contribution in [3.8, 4) is 0 Å². The van der Waals surface area contributed by atoms with Crippen LogP contribution in [0, 0.1) is 13.8 Å². The van der Waals surface area contributed by atoms with Crippen LogP contribution in [0.15, 0.2) is 18.2 Å². The molecule has 1 aromatic rings. The largest absolute Gasteiger partial charge is 0.377 e. The fourth-order valence-electron chi connectivity index (χ4n) is 2.70. The van der Waals surface area contributed by atoms with Crippen molar-refractivity contribution in [1.82, 2.24) is 5.32 Å². The van der Waals surface area contributed by atoms with Crippen molar-refractivity contribution in [3.05, 3.63) is 34.9 Å². The minimum Gasteiger partial charge on any atom is -0.377 e. The van der Waals surface area contributed by atoms with E-state index in [0.717, 1.165) is 12.4 Å². The third-order valence-electron chi connectivity index (χ3n) is 3.93. The molecule has 3 heteroatoms. The molecule has 1 fully saturated rings. The Labute approximate surface area is 121 Å². The molecule has 1 heterocycles. The molecule has 0 radical (unpaired) electrons. The second-order valence-corrected chi connectivity index (χ2v) is 6.71. The van der Waals surface area contributed by atoms with Crippen molar-refractivity contribution in [2.75, 3.05) is 19.4 Å². The van der Waals surface area contributed by atoms with Gasteiger partial charge in [-0.05, 0) is 45.4 Å². The quantitative estimate of drug-likeness (QED) is 0.891. The first-order chi connectivity index (χ1) is 9.11. The molecule has 2 rings (SSSR count). The Balaban J connectivity index is 1.99. The van der Waals surface area contributed by atoms with Crippen LogP contribution in [-0.2, 0) is 4.74 Å². The topological polar surface area (TPSA) is 21.3 Å². The van der Waals surface area contributed by atoms with E-state index in [1.165, 1.54) is 23.1 Å². The third kappa shape index (κ3) is 3.74. The average molecular weight is 279 g/mol. The highest BCUT2D eigenvalue weighted by molar-refractivity contribution is 8.00. The average Bonchev–Trinajstić information content (AvgIpc) is 2.78. The zero-order valence-electron chi connectivity index (χ0n) is 12.4. The summed E-state index contributed by atoms with van der Waals surface area (Å²) >= 11 is 2.05. The highest BCUT2D eigenvalue weighted by atomic mass is 32.2. The summed E-state index contributed by atoms with van der Waals surface area (Å²) in [6, 6.07) is 7.17. The summed E-state index contributed by atoms with van der Waals surface area (Å²) in [6.07, 6.45) is 1.59. The number of benzene rings is 1. The minimum absolute atomic E-state index is 0.404. The van der Waals surface area contributed by atoms with E-state index >= 15 is 0 Å². The van der Waals surface area contributed by atoms with Crippen molar-refractivity contribution < 1.29 is 4.74 Å². The molecule has 0 aliphatic carbocycles. The van der Waals surface area contributed by atoms with Crippen LogP contribution >= 0.6 is 11.8 Å². The van der Waals surface area contributed by atoms with Crippen molar-refractivity contribution in [3.63, 3.8) is 0 Å². The lowest BCUT2D eigenvalue weighted by Crippen LogP contribution is -2.23. The molecule has 3 atom stereocenters. The van der Waals surface area contributed by atoms with Crippen LogP contribution in [0.5, 0.6) is 0 Å². The van der Waals surface area contributed by atoms with Gasteiger partial charge in [-0.2, -0.15) is 11.8 Å². The highest BCUT2D eigenvalue weighted by Crippen LogP contribution is 2.30. The van der Waals surface area contributed by atoms with E-state index in [1.807, 2.05) is 11.8 Å². The van der Waals surface area contributed by atoms with Gasteiger partial charge in [0.1, 0.15) is 0 Å². The smallest absolute Gasteiger partial charge is 0.0666 e. The summed E-state index contributed by atoms with van der Waals surface area (Å²) in [4.78, 5) is 0. The van der Waals surface area contributed by atoms with E-state index in [0.29, 0.717) is 17.4 Å². The summed E-state index contributed by atoms with van der Waals surface area (Å²) in [7, 11) is 2.05. The first kappa shape index (κ1) is 14.9. The van der Waals surface area contributed by atoms with E-state index in [-0.39, 0.29) is 0 Å². The van der Waals surface area contributed by atoms with E-state index in [1.54, 1.807) is 0 Å². The van der Waals surface area contributed by atoms with E-state index in [9.17, 15) is 0 Å². The van der Waals surface area contributed by atoms with E-state index in [2.05, 4.69) is 51.3 Å². The SMILES string of the molecule is CNC(CSC1CCOC1C)c1ccc(C)cc1C. The Hall–Kier alpha value is -0.510. The van der Waals surface area contributed by atoms with Crippen LogP contribution in [-0.4, -0.2) is 30.8 Å². The van der Waals surface area contributed by atoms with Crippen LogP contribution < -0.4 is 5.32 Å². The van der Waals surface area contributed by atoms with Gasteiger partial charge in [-0.15, -0.1) is 0 Å². The molecule has 0 spiro atoms. The number of hydrogen-bond donors (Lipinski definition) is 1. The Morgan fingerprint density at radius 1 is 1.42 bits per heavy atom. The van der Waals surface area contributed by atoms with Gasteiger partial charge in [-0.1, -0.05) is 23.8 Å². The summed E-state index contributed by atoms with van der Waals surface area (Å²) in [5.41, 5.74) is 4.14. The van der Waals surface area contributed by atoms with Gasteiger partial charge in [-0.3, -0.25) is 0 Å². The number of ether oxygens (including phenoxy) is 1. The second kappa shape index (κ2) is 6.78. The van der Waals surface area contributed by atoms with Gasteiger partial charge < -0.3 is 10.1 Å². The minimum atomic E-state index is 0.404. The Kier molecular flexibility index (Phi) is 5.31. The molecular formula is C16H25NOS.